The Morgan fingerprint density at radius 2 is 2.33 bits per heavy atom. The number of hydrogen-bond donors (Lipinski definition) is 1. The van der Waals surface area contributed by atoms with E-state index in [-0.39, 0.29) is 0 Å². The van der Waals surface area contributed by atoms with Crippen LogP contribution in [-0.2, 0) is 0 Å². The van der Waals surface area contributed by atoms with Crippen LogP contribution in [0.1, 0.15) is 12.5 Å². The minimum absolute atomic E-state index is 0.578. The van der Waals surface area contributed by atoms with Crippen LogP contribution in [0.15, 0.2) is 29.3 Å². The van der Waals surface area contributed by atoms with Crippen LogP contribution in [0, 0.1) is 11.3 Å². The van der Waals surface area contributed by atoms with Gasteiger partial charge in [-0.2, -0.15) is 5.26 Å². The van der Waals surface area contributed by atoms with Crippen molar-refractivity contribution >= 4 is 28.9 Å². The predicted molar refractivity (Wildman–Crippen MR) is 64.3 cm³/mol. The molecule has 0 fully saturated rings. The van der Waals surface area contributed by atoms with Gasteiger partial charge in [0.05, 0.1) is 22.3 Å². The molecule has 0 aromatic heterocycles. The molecule has 0 spiro atoms. The smallest absolute Gasteiger partial charge is 0.0992 e. The van der Waals surface area contributed by atoms with E-state index in [0.29, 0.717) is 17.1 Å². The molecule has 0 heterocycles. The number of halogens is 2. The first kappa shape index (κ1) is 11.9. The normalized spacial score (nSPS) is 10.9. The molecule has 1 N–H and O–H groups in total. The Kier molecular flexibility index (Phi) is 4.48. The van der Waals surface area contributed by atoms with Crippen LogP contribution in [0.5, 0.6) is 0 Å². The minimum Gasteiger partial charge on any atom is -0.380 e. The summed E-state index contributed by atoms with van der Waals surface area (Å²) in [7, 11) is 0. The number of hydrogen-bond acceptors (Lipinski definition) is 2. The average molecular weight is 241 g/mol. The first-order chi connectivity index (χ1) is 7.17. The Labute approximate surface area is 99.1 Å². The maximum absolute atomic E-state index is 8.72. The van der Waals surface area contributed by atoms with Gasteiger partial charge in [-0.05, 0) is 30.7 Å². The lowest BCUT2D eigenvalue weighted by molar-refractivity contribution is 1.21. The molecule has 0 saturated heterocycles. The maximum Gasteiger partial charge on any atom is 0.0992 e. The summed E-state index contributed by atoms with van der Waals surface area (Å²) in [6, 6.07) is 7.14. The van der Waals surface area contributed by atoms with Gasteiger partial charge in [-0.25, -0.2) is 0 Å². The van der Waals surface area contributed by atoms with Crippen LogP contribution in [0.2, 0.25) is 5.02 Å². The second-order valence-corrected chi connectivity index (χ2v) is 3.74. The van der Waals surface area contributed by atoms with Crippen molar-refractivity contribution in [2.24, 2.45) is 0 Å². The molecular weight excluding hydrogens is 231 g/mol. The fraction of sp³-hybridized carbons (Fsp3) is 0.182. The van der Waals surface area contributed by atoms with E-state index in [2.05, 4.69) is 11.4 Å². The lowest BCUT2D eigenvalue weighted by Gasteiger charge is -2.08. The largest absolute Gasteiger partial charge is 0.380 e. The van der Waals surface area contributed by atoms with E-state index in [9.17, 15) is 0 Å². The summed E-state index contributed by atoms with van der Waals surface area (Å²) >= 11 is 11.5. The van der Waals surface area contributed by atoms with Gasteiger partial charge >= 0.3 is 0 Å². The monoisotopic (exact) mass is 240 g/mol. The zero-order chi connectivity index (χ0) is 11.3. The second-order valence-electron chi connectivity index (χ2n) is 3.12. The van der Waals surface area contributed by atoms with Gasteiger partial charge in [0.15, 0.2) is 0 Å². The zero-order valence-electron chi connectivity index (χ0n) is 8.22. The van der Waals surface area contributed by atoms with Gasteiger partial charge in [-0.1, -0.05) is 23.2 Å². The first-order valence-corrected chi connectivity index (χ1v) is 5.18. The number of anilines is 1. The summed E-state index contributed by atoms with van der Waals surface area (Å²) in [5.74, 6) is 0. The van der Waals surface area contributed by atoms with Crippen molar-refractivity contribution in [1.82, 2.24) is 0 Å². The lowest BCUT2D eigenvalue weighted by atomic mass is 10.2. The van der Waals surface area contributed by atoms with Gasteiger partial charge in [0, 0.05) is 12.1 Å². The third-order valence-electron chi connectivity index (χ3n) is 1.84. The summed E-state index contributed by atoms with van der Waals surface area (Å²) in [5.41, 5.74) is 3.83. The van der Waals surface area contributed by atoms with Gasteiger partial charge in [0.2, 0.25) is 0 Å². The summed E-state index contributed by atoms with van der Waals surface area (Å²) < 4.78 is 0. The van der Waals surface area contributed by atoms with Crippen LogP contribution in [0.25, 0.3) is 0 Å². The molecule has 2 nitrogen and oxygen atoms in total. The van der Waals surface area contributed by atoms with E-state index in [1.807, 2.05) is 6.92 Å². The molecule has 0 bridgehead atoms. The fourth-order valence-corrected chi connectivity index (χ4v) is 1.27. The van der Waals surface area contributed by atoms with Crippen molar-refractivity contribution in [1.29, 1.82) is 5.26 Å². The standard InChI is InChI=1S/C11H10Cl2N2/c1-8(5-12)7-15-11-4-9(6-14)2-3-10(11)13/h2-5,15H,7H2,1H3/b8-5-. The van der Waals surface area contributed by atoms with Gasteiger partial charge in [-0.3, -0.25) is 0 Å². The summed E-state index contributed by atoms with van der Waals surface area (Å²) in [6.07, 6.45) is 0. The Morgan fingerprint density at radius 1 is 1.60 bits per heavy atom. The molecule has 15 heavy (non-hydrogen) atoms. The average Bonchev–Trinajstić information content (AvgIpc) is 2.27. The summed E-state index contributed by atoms with van der Waals surface area (Å²) in [5, 5.41) is 12.4. The van der Waals surface area contributed by atoms with Crippen LogP contribution in [0.4, 0.5) is 5.69 Å². The third kappa shape index (κ3) is 3.47. The Morgan fingerprint density at radius 3 is 2.93 bits per heavy atom. The van der Waals surface area contributed by atoms with Crippen molar-refractivity contribution in [2.75, 3.05) is 11.9 Å². The zero-order valence-corrected chi connectivity index (χ0v) is 9.73. The van der Waals surface area contributed by atoms with E-state index in [4.69, 9.17) is 28.5 Å². The van der Waals surface area contributed by atoms with E-state index in [1.165, 1.54) is 5.54 Å². The predicted octanol–water partition coefficient (Wildman–Crippen LogP) is 3.77. The minimum atomic E-state index is 0.578. The molecule has 0 aliphatic rings. The van der Waals surface area contributed by atoms with Gasteiger partial charge in [0.25, 0.3) is 0 Å². The number of nitriles is 1. The molecule has 0 atom stereocenters. The highest BCUT2D eigenvalue weighted by molar-refractivity contribution is 6.33. The maximum atomic E-state index is 8.72. The lowest BCUT2D eigenvalue weighted by Crippen LogP contribution is -2.03. The van der Waals surface area contributed by atoms with Crippen molar-refractivity contribution in [3.8, 4) is 6.07 Å². The Bertz CT molecular complexity index is 419. The van der Waals surface area contributed by atoms with Crippen LogP contribution in [0.3, 0.4) is 0 Å². The molecule has 1 rings (SSSR count). The van der Waals surface area contributed by atoms with Gasteiger partial charge in [0.1, 0.15) is 0 Å². The van der Waals surface area contributed by atoms with Crippen molar-refractivity contribution in [3.63, 3.8) is 0 Å². The van der Waals surface area contributed by atoms with Crippen LogP contribution in [-0.4, -0.2) is 6.54 Å². The van der Waals surface area contributed by atoms with Crippen molar-refractivity contribution in [2.45, 2.75) is 6.92 Å². The molecule has 1 aromatic carbocycles. The van der Waals surface area contributed by atoms with Crippen molar-refractivity contribution in [3.05, 3.63) is 39.9 Å². The fourth-order valence-electron chi connectivity index (χ4n) is 1.00. The molecule has 0 amide bonds. The van der Waals surface area contributed by atoms with Gasteiger partial charge in [-0.15, -0.1) is 0 Å². The number of nitrogens with one attached hydrogen (secondary N) is 1. The van der Waals surface area contributed by atoms with E-state index in [1.54, 1.807) is 18.2 Å². The second kappa shape index (κ2) is 5.65. The van der Waals surface area contributed by atoms with Crippen LogP contribution < -0.4 is 5.32 Å². The molecule has 0 unspecified atom stereocenters. The Balaban J connectivity index is 2.81. The highest BCUT2D eigenvalue weighted by Gasteiger charge is 2.01. The van der Waals surface area contributed by atoms with Crippen molar-refractivity contribution < 1.29 is 0 Å². The molecule has 0 saturated carbocycles. The molecular formula is C11H10Cl2N2. The van der Waals surface area contributed by atoms with Crippen LogP contribution >= 0.6 is 23.2 Å². The number of rotatable bonds is 3. The number of nitrogens with zero attached hydrogens (tertiary/aromatic N) is 1. The quantitative estimate of drug-likeness (QED) is 0.874. The van der Waals surface area contributed by atoms with E-state index in [0.717, 1.165) is 11.3 Å². The highest BCUT2D eigenvalue weighted by atomic mass is 35.5. The third-order valence-corrected chi connectivity index (χ3v) is 2.54. The molecule has 0 aliphatic heterocycles. The molecule has 4 heteroatoms. The molecule has 78 valence electrons. The molecule has 0 radical (unpaired) electrons. The molecule has 1 aromatic rings. The summed E-state index contributed by atoms with van der Waals surface area (Å²) in [4.78, 5) is 0. The Hall–Kier alpha value is -1.17. The van der Waals surface area contributed by atoms with Gasteiger partial charge < -0.3 is 5.32 Å². The first-order valence-electron chi connectivity index (χ1n) is 4.36. The summed E-state index contributed by atoms with van der Waals surface area (Å²) in [6.45, 7) is 2.51. The van der Waals surface area contributed by atoms with E-state index < -0.39 is 0 Å². The molecule has 0 aliphatic carbocycles. The topological polar surface area (TPSA) is 35.8 Å². The van der Waals surface area contributed by atoms with E-state index >= 15 is 0 Å². The number of benzene rings is 1. The SMILES string of the molecule is C/C(=C/Cl)CNc1cc(C#N)ccc1Cl. The highest BCUT2D eigenvalue weighted by Crippen LogP contribution is 2.22.